The van der Waals surface area contributed by atoms with Crippen molar-refractivity contribution in [3.63, 3.8) is 0 Å². The Balaban J connectivity index is 2.63. The quantitative estimate of drug-likeness (QED) is 0.558. The van der Waals surface area contributed by atoms with Gasteiger partial charge in [0.15, 0.2) is 0 Å². The SMILES string of the molecule is CC[S][Ga]([CH3])[CH3]. The van der Waals surface area contributed by atoms with Crippen molar-refractivity contribution in [3.8, 4) is 0 Å². The third-order valence-corrected chi connectivity index (χ3v) is 7.79. The van der Waals surface area contributed by atoms with E-state index in [9.17, 15) is 0 Å². The molecule has 0 aliphatic heterocycles. The van der Waals surface area contributed by atoms with Gasteiger partial charge in [0.1, 0.15) is 0 Å². The van der Waals surface area contributed by atoms with Gasteiger partial charge < -0.3 is 0 Å². The van der Waals surface area contributed by atoms with Crippen LogP contribution in [0.2, 0.25) is 11.0 Å². The molecule has 0 heterocycles. The van der Waals surface area contributed by atoms with Crippen LogP contribution in [0.5, 0.6) is 0 Å². The molecule has 0 spiro atoms. The first-order chi connectivity index (χ1) is 2.77. The van der Waals surface area contributed by atoms with E-state index in [1.165, 1.54) is 5.75 Å². The van der Waals surface area contributed by atoms with E-state index in [0.29, 0.717) is 0 Å². The van der Waals surface area contributed by atoms with Crippen molar-refractivity contribution >= 4 is 24.7 Å². The van der Waals surface area contributed by atoms with Gasteiger partial charge in [-0.1, -0.05) is 0 Å². The van der Waals surface area contributed by atoms with Gasteiger partial charge in [-0.15, -0.1) is 0 Å². The molecule has 0 aromatic heterocycles. The summed E-state index contributed by atoms with van der Waals surface area (Å²) < 4.78 is 0. The molecule has 0 N–H and O–H groups in total. The van der Waals surface area contributed by atoms with Gasteiger partial charge in [-0.25, -0.2) is 0 Å². The van der Waals surface area contributed by atoms with Crippen LogP contribution in [0.3, 0.4) is 0 Å². The predicted octanol–water partition coefficient (Wildman–Crippen LogP) is 1.99. The van der Waals surface area contributed by atoms with E-state index in [-0.39, 0.29) is 0 Å². The van der Waals surface area contributed by atoms with E-state index < -0.39 is 15.0 Å². The maximum absolute atomic E-state index is 2.40. The Morgan fingerprint density at radius 1 is 1.50 bits per heavy atom. The first kappa shape index (κ1) is 6.99. The molecule has 0 aromatic carbocycles. The normalized spacial score (nSPS) is 8.50. The summed E-state index contributed by atoms with van der Waals surface area (Å²) in [6.45, 7) is 2.23. The van der Waals surface area contributed by atoms with Crippen molar-refractivity contribution in [2.75, 3.05) is 5.75 Å². The van der Waals surface area contributed by atoms with Gasteiger partial charge in [-0.2, -0.15) is 0 Å². The zero-order valence-corrected chi connectivity index (χ0v) is 7.93. The molecule has 0 aromatic rings. The monoisotopic (exact) mass is 160 g/mol. The van der Waals surface area contributed by atoms with E-state index >= 15 is 0 Å². The summed E-state index contributed by atoms with van der Waals surface area (Å²) in [7, 11) is 2.17. The molecule has 0 nitrogen and oxygen atoms in total. The standard InChI is InChI=1S/C2H6S.2CH3.Ga/c1-2-3;;;/h3H,2H2,1H3;2*1H3;/q;;;+1/p-1. The molecule has 36 valence electrons. The summed E-state index contributed by atoms with van der Waals surface area (Å²) >= 11 is -0.628. The van der Waals surface area contributed by atoms with Gasteiger partial charge in [0.2, 0.25) is 0 Å². The van der Waals surface area contributed by atoms with Crippen LogP contribution in [-0.2, 0) is 0 Å². The van der Waals surface area contributed by atoms with Crippen LogP contribution in [0.1, 0.15) is 6.92 Å². The van der Waals surface area contributed by atoms with Crippen LogP contribution in [0.15, 0.2) is 0 Å². The molecule has 0 aliphatic rings. The molecule has 0 fully saturated rings. The topological polar surface area (TPSA) is 0 Å². The van der Waals surface area contributed by atoms with Crippen molar-refractivity contribution in [2.24, 2.45) is 0 Å². The fourth-order valence-corrected chi connectivity index (χ4v) is 5.20. The van der Waals surface area contributed by atoms with Crippen molar-refractivity contribution in [1.29, 1.82) is 0 Å². The molecule has 6 heavy (non-hydrogen) atoms. The summed E-state index contributed by atoms with van der Waals surface area (Å²) in [6, 6.07) is 0. The predicted molar refractivity (Wildman–Crippen MR) is 35.6 cm³/mol. The van der Waals surface area contributed by atoms with E-state index in [4.69, 9.17) is 0 Å². The van der Waals surface area contributed by atoms with E-state index in [1.807, 2.05) is 0 Å². The van der Waals surface area contributed by atoms with Gasteiger partial charge >= 0.3 is 48.3 Å². The third kappa shape index (κ3) is 4.99. The third-order valence-electron chi connectivity index (χ3n) is 0.500. The molecule has 0 saturated carbocycles. The zero-order valence-electron chi connectivity index (χ0n) is 4.69. The van der Waals surface area contributed by atoms with Crippen molar-refractivity contribution in [2.45, 2.75) is 17.9 Å². The molecule has 0 aliphatic carbocycles. The summed E-state index contributed by atoms with van der Waals surface area (Å²) in [5, 5.41) is 0. The molecule has 0 amide bonds. The number of hydrogen-bond donors (Lipinski definition) is 0. The molecule has 0 radical (unpaired) electrons. The van der Waals surface area contributed by atoms with Crippen molar-refractivity contribution in [3.05, 3.63) is 0 Å². The Labute approximate surface area is 48.5 Å². The fraction of sp³-hybridized carbons (Fsp3) is 1.00. The number of hydrogen-bond acceptors (Lipinski definition) is 1. The van der Waals surface area contributed by atoms with Gasteiger partial charge in [0, 0.05) is 0 Å². The van der Waals surface area contributed by atoms with Gasteiger partial charge in [0.05, 0.1) is 0 Å². The zero-order chi connectivity index (χ0) is 4.99. The summed E-state index contributed by atoms with van der Waals surface area (Å²) in [5.74, 6) is 1.33. The Bertz CT molecular complexity index is 28.7. The molecule has 0 saturated heterocycles. The second-order valence-electron chi connectivity index (χ2n) is 1.50. The van der Waals surface area contributed by atoms with Crippen LogP contribution in [0.4, 0.5) is 0 Å². The molecule has 0 bridgehead atoms. The van der Waals surface area contributed by atoms with Crippen molar-refractivity contribution in [1.82, 2.24) is 0 Å². The second-order valence-corrected chi connectivity index (χ2v) is 13.8. The average Bonchev–Trinajstić information content (AvgIpc) is 1.35. The minimum atomic E-state index is -0.628. The molecule has 2 heteroatoms. The fourth-order valence-electron chi connectivity index (χ4n) is 0.333. The summed E-state index contributed by atoms with van der Waals surface area (Å²) in [6.07, 6.45) is 0. The minimum absolute atomic E-state index is 0.628. The van der Waals surface area contributed by atoms with Crippen molar-refractivity contribution < 1.29 is 0 Å². The Morgan fingerprint density at radius 2 is 2.00 bits per heavy atom. The van der Waals surface area contributed by atoms with Gasteiger partial charge in [-0.05, 0) is 0 Å². The molecular formula is C4H11GaS. The maximum atomic E-state index is 2.40. The van der Waals surface area contributed by atoms with Crippen LogP contribution >= 0.6 is 9.70 Å². The molecule has 0 rings (SSSR count). The summed E-state index contributed by atoms with van der Waals surface area (Å²) in [4.78, 5) is 0. The molecule has 0 atom stereocenters. The Kier molecular flexibility index (Phi) is 4.84. The average molecular weight is 161 g/mol. The van der Waals surface area contributed by atoms with E-state index in [1.54, 1.807) is 0 Å². The van der Waals surface area contributed by atoms with Gasteiger partial charge in [-0.3, -0.25) is 0 Å². The van der Waals surface area contributed by atoms with Crippen LogP contribution < -0.4 is 0 Å². The second kappa shape index (κ2) is 4.15. The Morgan fingerprint density at radius 3 is 2.00 bits per heavy atom. The Hall–Kier alpha value is 0.986. The molecular weight excluding hydrogens is 150 g/mol. The first-order valence-corrected chi connectivity index (χ1v) is 11.2. The molecule has 0 unspecified atom stereocenters. The van der Waals surface area contributed by atoms with Crippen LogP contribution in [0.25, 0.3) is 0 Å². The summed E-state index contributed by atoms with van der Waals surface area (Å²) in [5.41, 5.74) is 4.81. The van der Waals surface area contributed by atoms with Crippen LogP contribution in [0, 0.1) is 0 Å². The first-order valence-electron chi connectivity index (χ1n) is 2.39. The van der Waals surface area contributed by atoms with E-state index in [2.05, 4.69) is 27.6 Å². The number of rotatable bonds is 2. The van der Waals surface area contributed by atoms with E-state index in [0.717, 1.165) is 0 Å². The van der Waals surface area contributed by atoms with Crippen LogP contribution in [-0.4, -0.2) is 20.7 Å². The van der Waals surface area contributed by atoms with Gasteiger partial charge in [0.25, 0.3) is 0 Å².